The Labute approximate surface area is 123 Å². The number of aryl methyl sites for hydroxylation is 1. The molecular formula is C15H19ClFN3. The Morgan fingerprint density at radius 1 is 1.40 bits per heavy atom. The van der Waals surface area contributed by atoms with Crippen LogP contribution in [0.1, 0.15) is 30.9 Å². The van der Waals surface area contributed by atoms with Gasteiger partial charge < -0.3 is 9.88 Å². The third kappa shape index (κ3) is 3.58. The number of nitrogens with zero attached hydrogens (tertiary/aromatic N) is 2. The van der Waals surface area contributed by atoms with E-state index in [4.69, 9.17) is 11.6 Å². The van der Waals surface area contributed by atoms with Crippen LogP contribution < -0.4 is 5.32 Å². The predicted molar refractivity (Wildman–Crippen MR) is 79.5 cm³/mol. The molecule has 0 aliphatic carbocycles. The molecule has 0 amide bonds. The average molecular weight is 296 g/mol. The molecule has 108 valence electrons. The first-order valence-corrected chi connectivity index (χ1v) is 7.03. The van der Waals surface area contributed by atoms with Crippen LogP contribution >= 0.6 is 11.6 Å². The SMILES string of the molecule is Cc1ncc(CNC(C)C)n1Cc1cc(Cl)ccc1F. The fraction of sp³-hybridized carbons (Fsp3) is 0.400. The lowest BCUT2D eigenvalue weighted by molar-refractivity contribution is 0.553. The normalized spacial score (nSPS) is 11.3. The molecule has 1 aromatic carbocycles. The fourth-order valence-electron chi connectivity index (χ4n) is 2.02. The van der Waals surface area contributed by atoms with Crippen molar-refractivity contribution in [3.63, 3.8) is 0 Å². The van der Waals surface area contributed by atoms with E-state index in [1.165, 1.54) is 6.07 Å². The number of hydrogen-bond acceptors (Lipinski definition) is 2. The van der Waals surface area contributed by atoms with Crippen LogP contribution in [0.5, 0.6) is 0 Å². The summed E-state index contributed by atoms with van der Waals surface area (Å²) >= 11 is 5.94. The van der Waals surface area contributed by atoms with E-state index in [-0.39, 0.29) is 5.82 Å². The van der Waals surface area contributed by atoms with E-state index < -0.39 is 0 Å². The lowest BCUT2D eigenvalue weighted by Crippen LogP contribution is -2.24. The van der Waals surface area contributed by atoms with Gasteiger partial charge in [-0.05, 0) is 25.1 Å². The standard InChI is InChI=1S/C15H19ClFN3/c1-10(2)18-7-14-8-19-11(3)20(14)9-12-6-13(16)4-5-15(12)17/h4-6,8,10,18H,7,9H2,1-3H3. The van der Waals surface area contributed by atoms with E-state index >= 15 is 0 Å². The average Bonchev–Trinajstić information content (AvgIpc) is 2.73. The summed E-state index contributed by atoms with van der Waals surface area (Å²) in [5, 5.41) is 3.89. The molecular weight excluding hydrogens is 277 g/mol. The van der Waals surface area contributed by atoms with Gasteiger partial charge in [-0.15, -0.1) is 0 Å². The van der Waals surface area contributed by atoms with E-state index in [1.54, 1.807) is 12.1 Å². The van der Waals surface area contributed by atoms with Crippen LogP contribution in [0.25, 0.3) is 0 Å². The summed E-state index contributed by atoms with van der Waals surface area (Å²) in [6.45, 7) is 7.24. The summed E-state index contributed by atoms with van der Waals surface area (Å²) in [5.41, 5.74) is 1.61. The summed E-state index contributed by atoms with van der Waals surface area (Å²) in [7, 11) is 0. The smallest absolute Gasteiger partial charge is 0.128 e. The lowest BCUT2D eigenvalue weighted by Gasteiger charge is -2.13. The Kier molecular flexibility index (Phi) is 4.78. The first kappa shape index (κ1) is 15.0. The van der Waals surface area contributed by atoms with E-state index in [0.717, 1.165) is 11.5 Å². The highest BCUT2D eigenvalue weighted by Gasteiger charge is 2.10. The van der Waals surface area contributed by atoms with E-state index in [9.17, 15) is 4.39 Å². The topological polar surface area (TPSA) is 29.9 Å². The van der Waals surface area contributed by atoms with Crippen molar-refractivity contribution in [2.24, 2.45) is 0 Å². The molecule has 1 aromatic heterocycles. The zero-order valence-electron chi connectivity index (χ0n) is 12.0. The highest BCUT2D eigenvalue weighted by molar-refractivity contribution is 6.30. The zero-order chi connectivity index (χ0) is 14.7. The van der Waals surface area contributed by atoms with Crippen molar-refractivity contribution in [1.82, 2.24) is 14.9 Å². The monoisotopic (exact) mass is 295 g/mol. The number of nitrogens with one attached hydrogen (secondary N) is 1. The molecule has 0 saturated heterocycles. The van der Waals surface area contributed by atoms with Crippen molar-refractivity contribution in [1.29, 1.82) is 0 Å². The first-order chi connectivity index (χ1) is 9.47. The maximum atomic E-state index is 13.8. The minimum absolute atomic E-state index is 0.245. The highest BCUT2D eigenvalue weighted by Crippen LogP contribution is 2.17. The molecule has 3 nitrogen and oxygen atoms in total. The molecule has 5 heteroatoms. The summed E-state index contributed by atoms with van der Waals surface area (Å²) in [5.74, 6) is 0.621. The van der Waals surface area contributed by atoms with Crippen LogP contribution in [-0.2, 0) is 13.1 Å². The van der Waals surface area contributed by atoms with E-state index in [2.05, 4.69) is 24.1 Å². The molecule has 0 aliphatic heterocycles. The van der Waals surface area contributed by atoms with E-state index in [1.807, 2.05) is 17.7 Å². The minimum Gasteiger partial charge on any atom is -0.326 e. The van der Waals surface area contributed by atoms with E-state index in [0.29, 0.717) is 29.7 Å². The van der Waals surface area contributed by atoms with Crippen molar-refractivity contribution < 1.29 is 4.39 Å². The fourth-order valence-corrected chi connectivity index (χ4v) is 2.21. The van der Waals surface area contributed by atoms with Gasteiger partial charge in [0.25, 0.3) is 0 Å². The quantitative estimate of drug-likeness (QED) is 0.914. The zero-order valence-corrected chi connectivity index (χ0v) is 12.7. The predicted octanol–water partition coefficient (Wildman–Crippen LogP) is 3.53. The maximum Gasteiger partial charge on any atom is 0.128 e. The lowest BCUT2D eigenvalue weighted by atomic mass is 10.2. The van der Waals surface area contributed by atoms with Crippen molar-refractivity contribution in [3.8, 4) is 0 Å². The summed E-state index contributed by atoms with van der Waals surface area (Å²) in [4.78, 5) is 4.31. The molecule has 2 rings (SSSR count). The summed E-state index contributed by atoms with van der Waals surface area (Å²) in [6, 6.07) is 5.01. The molecule has 0 spiro atoms. The Morgan fingerprint density at radius 2 is 2.15 bits per heavy atom. The van der Waals surface area contributed by atoms with Gasteiger partial charge in [0.05, 0.1) is 12.2 Å². The molecule has 0 bridgehead atoms. The third-order valence-electron chi connectivity index (χ3n) is 3.17. The summed E-state index contributed by atoms with van der Waals surface area (Å²) < 4.78 is 15.8. The molecule has 2 aromatic rings. The third-order valence-corrected chi connectivity index (χ3v) is 3.40. The van der Waals surface area contributed by atoms with Crippen LogP contribution in [0.3, 0.4) is 0 Å². The van der Waals surface area contributed by atoms with Gasteiger partial charge in [-0.25, -0.2) is 9.37 Å². The molecule has 1 N–H and O–H groups in total. The molecule has 0 atom stereocenters. The number of halogens is 2. The molecule has 20 heavy (non-hydrogen) atoms. The molecule has 0 radical (unpaired) electrons. The van der Waals surface area contributed by atoms with Gasteiger partial charge in [0, 0.05) is 29.4 Å². The highest BCUT2D eigenvalue weighted by atomic mass is 35.5. The van der Waals surface area contributed by atoms with Crippen molar-refractivity contribution in [2.45, 2.75) is 39.9 Å². The van der Waals surface area contributed by atoms with Crippen molar-refractivity contribution in [2.75, 3.05) is 0 Å². The number of benzene rings is 1. The van der Waals surface area contributed by atoms with Gasteiger partial charge in [0.15, 0.2) is 0 Å². The molecule has 0 unspecified atom stereocenters. The van der Waals surface area contributed by atoms with Gasteiger partial charge in [0.1, 0.15) is 11.6 Å². The second-order valence-electron chi connectivity index (χ2n) is 5.15. The van der Waals surface area contributed by atoms with Crippen LogP contribution in [-0.4, -0.2) is 15.6 Å². The van der Waals surface area contributed by atoms with Crippen LogP contribution in [0.4, 0.5) is 4.39 Å². The largest absolute Gasteiger partial charge is 0.326 e. The second kappa shape index (κ2) is 6.37. The molecule has 0 saturated carbocycles. The van der Waals surface area contributed by atoms with Gasteiger partial charge in [-0.3, -0.25) is 0 Å². The molecule has 0 aliphatic rings. The first-order valence-electron chi connectivity index (χ1n) is 6.65. The minimum atomic E-state index is -0.245. The van der Waals surface area contributed by atoms with Crippen LogP contribution in [0, 0.1) is 12.7 Å². The Balaban J connectivity index is 2.24. The van der Waals surface area contributed by atoms with Gasteiger partial charge in [-0.2, -0.15) is 0 Å². The Hall–Kier alpha value is -1.39. The Morgan fingerprint density at radius 3 is 2.85 bits per heavy atom. The van der Waals surface area contributed by atoms with Crippen molar-refractivity contribution in [3.05, 3.63) is 52.3 Å². The number of aromatic nitrogens is 2. The van der Waals surface area contributed by atoms with Crippen LogP contribution in [0.15, 0.2) is 24.4 Å². The molecule has 1 heterocycles. The van der Waals surface area contributed by atoms with Gasteiger partial charge in [0.2, 0.25) is 0 Å². The number of hydrogen-bond donors (Lipinski definition) is 1. The van der Waals surface area contributed by atoms with Crippen molar-refractivity contribution >= 4 is 11.6 Å². The second-order valence-corrected chi connectivity index (χ2v) is 5.59. The maximum absolute atomic E-state index is 13.8. The van der Waals surface area contributed by atoms with Gasteiger partial charge >= 0.3 is 0 Å². The Bertz CT molecular complexity index is 593. The number of imidazole rings is 1. The summed E-state index contributed by atoms with van der Waals surface area (Å²) in [6.07, 6.45) is 1.83. The number of rotatable bonds is 5. The molecule has 0 fully saturated rings. The van der Waals surface area contributed by atoms with Crippen LogP contribution in [0.2, 0.25) is 5.02 Å². The van der Waals surface area contributed by atoms with Gasteiger partial charge in [-0.1, -0.05) is 25.4 Å².